The average Bonchev–Trinajstić information content (AvgIpc) is 2.40. The minimum Gasteiger partial charge on any atom is -0.391 e. The second-order valence-electron chi connectivity index (χ2n) is 4.95. The van der Waals surface area contributed by atoms with Gasteiger partial charge < -0.3 is 15.3 Å². The molecule has 1 aliphatic rings. The summed E-state index contributed by atoms with van der Waals surface area (Å²) in [7, 11) is 0. The van der Waals surface area contributed by atoms with Crippen molar-refractivity contribution in [3.63, 3.8) is 0 Å². The Hall–Kier alpha value is -1.07. The van der Waals surface area contributed by atoms with Crippen molar-refractivity contribution in [3.05, 3.63) is 33.8 Å². The van der Waals surface area contributed by atoms with Gasteiger partial charge in [-0.05, 0) is 30.9 Å². The number of amides is 2. The number of hydrogen-bond acceptors (Lipinski definition) is 2. The van der Waals surface area contributed by atoms with Gasteiger partial charge in [0.05, 0.1) is 6.10 Å². The summed E-state index contributed by atoms with van der Waals surface area (Å²) in [5.41, 5.74) is 2.21. The van der Waals surface area contributed by atoms with Gasteiger partial charge in [-0.15, -0.1) is 0 Å². The molecule has 0 aliphatic carbocycles. The van der Waals surface area contributed by atoms with E-state index in [1.54, 1.807) is 4.90 Å². The van der Waals surface area contributed by atoms with Gasteiger partial charge in [0, 0.05) is 24.1 Å². The van der Waals surface area contributed by atoms with Gasteiger partial charge in [-0.2, -0.15) is 0 Å². The van der Waals surface area contributed by atoms with E-state index < -0.39 is 0 Å². The monoisotopic (exact) mass is 326 g/mol. The Balaban J connectivity index is 1.91. The summed E-state index contributed by atoms with van der Waals surface area (Å²) in [6.45, 7) is 3.67. The minimum absolute atomic E-state index is 0.104. The fourth-order valence-corrected chi connectivity index (χ4v) is 2.67. The molecule has 0 saturated carbocycles. The molecule has 5 heteroatoms. The summed E-state index contributed by atoms with van der Waals surface area (Å²) in [6, 6.07) is 5.89. The number of likely N-dealkylation sites (tertiary alicyclic amines) is 1. The van der Waals surface area contributed by atoms with E-state index in [2.05, 4.69) is 21.2 Å². The van der Waals surface area contributed by atoms with E-state index in [1.165, 1.54) is 0 Å². The summed E-state index contributed by atoms with van der Waals surface area (Å²) >= 11 is 3.53. The number of benzene rings is 1. The first-order chi connectivity index (χ1) is 9.08. The molecule has 19 heavy (non-hydrogen) atoms. The lowest BCUT2D eigenvalue weighted by molar-refractivity contribution is 0.0841. The van der Waals surface area contributed by atoms with Crippen LogP contribution >= 0.6 is 15.9 Å². The lowest BCUT2D eigenvalue weighted by atomic mass is 10.1. The number of β-amino-alcohol motifs (C(OH)–C–C–N with tert-alkyl or cyclic N) is 1. The molecule has 1 aromatic carbocycles. The molecule has 0 bridgehead atoms. The van der Waals surface area contributed by atoms with Crippen LogP contribution in [0.1, 0.15) is 24.0 Å². The van der Waals surface area contributed by atoms with E-state index in [4.69, 9.17) is 0 Å². The van der Waals surface area contributed by atoms with Crippen LogP contribution in [0, 0.1) is 6.92 Å². The molecule has 104 valence electrons. The second-order valence-corrected chi connectivity index (χ2v) is 5.74. The van der Waals surface area contributed by atoms with Gasteiger partial charge >= 0.3 is 6.03 Å². The van der Waals surface area contributed by atoms with Crippen LogP contribution in [-0.4, -0.2) is 35.2 Å². The number of nitrogens with one attached hydrogen (secondary N) is 1. The molecule has 0 spiro atoms. The molecule has 0 aromatic heterocycles. The maximum absolute atomic E-state index is 12.0. The van der Waals surface area contributed by atoms with Crippen molar-refractivity contribution in [2.24, 2.45) is 0 Å². The lowest BCUT2D eigenvalue weighted by Gasteiger charge is -2.30. The molecule has 1 aliphatic heterocycles. The number of carbonyl (C=O) groups excluding carboxylic acids is 1. The standard InChI is InChI=1S/C14H19BrN2O2/c1-10-4-2-5-11(13(10)15)8-16-14(19)17-7-3-6-12(18)9-17/h2,4-5,12,18H,3,6-9H2,1H3,(H,16,19)/t12-/m0/s1. The van der Waals surface area contributed by atoms with Gasteiger partial charge in [0.25, 0.3) is 0 Å². The average molecular weight is 327 g/mol. The predicted molar refractivity (Wildman–Crippen MR) is 77.9 cm³/mol. The Kier molecular flexibility index (Phi) is 4.82. The number of rotatable bonds is 2. The van der Waals surface area contributed by atoms with Crippen LogP contribution in [0.3, 0.4) is 0 Å². The topological polar surface area (TPSA) is 52.6 Å². The summed E-state index contributed by atoms with van der Waals surface area (Å²) < 4.78 is 1.04. The lowest BCUT2D eigenvalue weighted by Crippen LogP contribution is -2.46. The number of piperidine rings is 1. The maximum atomic E-state index is 12.0. The molecular weight excluding hydrogens is 308 g/mol. The number of aryl methyl sites for hydroxylation is 1. The summed E-state index contributed by atoms with van der Waals surface area (Å²) in [5, 5.41) is 12.5. The van der Waals surface area contributed by atoms with Crippen LogP contribution in [0.15, 0.2) is 22.7 Å². The Morgan fingerprint density at radius 1 is 1.58 bits per heavy atom. The third-order valence-electron chi connectivity index (χ3n) is 3.39. The molecular formula is C14H19BrN2O2. The van der Waals surface area contributed by atoms with Crippen molar-refractivity contribution < 1.29 is 9.90 Å². The van der Waals surface area contributed by atoms with Crippen molar-refractivity contribution >= 4 is 22.0 Å². The molecule has 0 radical (unpaired) electrons. The maximum Gasteiger partial charge on any atom is 0.317 e. The number of urea groups is 1. The third kappa shape index (κ3) is 3.70. The molecule has 1 saturated heterocycles. The Bertz CT molecular complexity index is 465. The van der Waals surface area contributed by atoms with Crippen molar-refractivity contribution in [1.29, 1.82) is 0 Å². The molecule has 1 atom stereocenters. The Morgan fingerprint density at radius 3 is 3.11 bits per heavy atom. The Labute approximate surface area is 121 Å². The largest absolute Gasteiger partial charge is 0.391 e. The highest BCUT2D eigenvalue weighted by atomic mass is 79.9. The van der Waals surface area contributed by atoms with Crippen molar-refractivity contribution in [3.8, 4) is 0 Å². The highest BCUT2D eigenvalue weighted by molar-refractivity contribution is 9.10. The zero-order valence-electron chi connectivity index (χ0n) is 11.0. The molecule has 0 unspecified atom stereocenters. The summed E-state index contributed by atoms with van der Waals surface area (Å²) in [6.07, 6.45) is 1.26. The zero-order valence-corrected chi connectivity index (χ0v) is 12.6. The first kappa shape index (κ1) is 14.3. The molecule has 2 rings (SSSR count). The fraction of sp³-hybridized carbons (Fsp3) is 0.500. The van der Waals surface area contributed by atoms with Gasteiger partial charge in [-0.3, -0.25) is 0 Å². The number of hydrogen-bond donors (Lipinski definition) is 2. The van der Waals surface area contributed by atoms with Crippen molar-refractivity contribution in [2.45, 2.75) is 32.4 Å². The van der Waals surface area contributed by atoms with Gasteiger partial charge in [0.15, 0.2) is 0 Å². The predicted octanol–water partition coefficient (Wildman–Crippen LogP) is 2.42. The molecule has 2 amide bonds. The first-order valence-corrected chi connectivity index (χ1v) is 7.32. The minimum atomic E-state index is -0.384. The molecule has 2 N–H and O–H groups in total. The Morgan fingerprint density at radius 2 is 2.37 bits per heavy atom. The normalized spacial score (nSPS) is 19.3. The molecule has 1 fully saturated rings. The second kappa shape index (κ2) is 6.39. The van der Waals surface area contributed by atoms with Crippen LogP contribution in [0.5, 0.6) is 0 Å². The van der Waals surface area contributed by atoms with Crippen LogP contribution < -0.4 is 5.32 Å². The number of halogens is 1. The SMILES string of the molecule is Cc1cccc(CNC(=O)N2CCC[C@H](O)C2)c1Br. The van der Waals surface area contributed by atoms with E-state index in [0.29, 0.717) is 13.1 Å². The van der Waals surface area contributed by atoms with E-state index in [1.807, 2.05) is 25.1 Å². The zero-order chi connectivity index (χ0) is 13.8. The number of aliphatic hydroxyl groups is 1. The van der Waals surface area contributed by atoms with Gasteiger partial charge in [-0.1, -0.05) is 34.1 Å². The van der Waals surface area contributed by atoms with E-state index >= 15 is 0 Å². The van der Waals surface area contributed by atoms with E-state index in [-0.39, 0.29) is 12.1 Å². The quantitative estimate of drug-likeness (QED) is 0.877. The smallest absolute Gasteiger partial charge is 0.317 e. The molecule has 4 nitrogen and oxygen atoms in total. The molecule has 1 aromatic rings. The van der Waals surface area contributed by atoms with Crippen molar-refractivity contribution in [2.75, 3.05) is 13.1 Å². The summed E-state index contributed by atoms with van der Waals surface area (Å²) in [5.74, 6) is 0. The first-order valence-electron chi connectivity index (χ1n) is 6.52. The van der Waals surface area contributed by atoms with E-state index in [9.17, 15) is 9.90 Å². The third-order valence-corrected chi connectivity index (χ3v) is 4.52. The van der Waals surface area contributed by atoms with E-state index in [0.717, 1.165) is 35.0 Å². The fourth-order valence-electron chi connectivity index (χ4n) is 2.27. The molecule has 1 heterocycles. The van der Waals surface area contributed by atoms with Crippen LogP contribution in [0.25, 0.3) is 0 Å². The van der Waals surface area contributed by atoms with Crippen LogP contribution in [0.4, 0.5) is 4.79 Å². The van der Waals surface area contributed by atoms with Crippen LogP contribution in [0.2, 0.25) is 0 Å². The highest BCUT2D eigenvalue weighted by Gasteiger charge is 2.21. The van der Waals surface area contributed by atoms with Gasteiger partial charge in [0.2, 0.25) is 0 Å². The van der Waals surface area contributed by atoms with Crippen LogP contribution in [-0.2, 0) is 6.54 Å². The number of nitrogens with zero attached hydrogens (tertiary/aromatic N) is 1. The van der Waals surface area contributed by atoms with Crippen molar-refractivity contribution in [1.82, 2.24) is 10.2 Å². The van der Waals surface area contributed by atoms with Gasteiger partial charge in [0.1, 0.15) is 0 Å². The van der Waals surface area contributed by atoms with Gasteiger partial charge in [-0.25, -0.2) is 4.79 Å². The summed E-state index contributed by atoms with van der Waals surface area (Å²) in [4.78, 5) is 13.7. The number of carbonyl (C=O) groups is 1. The number of aliphatic hydroxyl groups excluding tert-OH is 1. The highest BCUT2D eigenvalue weighted by Crippen LogP contribution is 2.20.